The van der Waals surface area contributed by atoms with Crippen LogP contribution in [0.15, 0.2) is 14.8 Å². The van der Waals surface area contributed by atoms with Gasteiger partial charge in [-0.25, -0.2) is 8.42 Å². The lowest BCUT2D eigenvalue weighted by atomic mass is 10.2. The number of rotatable bonds is 4. The summed E-state index contributed by atoms with van der Waals surface area (Å²) in [5.41, 5.74) is 7.47. The molecule has 0 aliphatic heterocycles. The average molecular weight is 288 g/mol. The molecule has 0 unspecified atom stereocenters. The summed E-state index contributed by atoms with van der Waals surface area (Å²) in [6.07, 6.45) is 0. The van der Waals surface area contributed by atoms with E-state index in [1.807, 2.05) is 0 Å². The molecular weight excluding hydrogens is 276 g/mol. The van der Waals surface area contributed by atoms with Crippen molar-refractivity contribution in [2.75, 3.05) is 4.72 Å². The van der Waals surface area contributed by atoms with Crippen molar-refractivity contribution in [3.05, 3.63) is 22.6 Å². The number of anilines is 1. The number of hydrogen-bond donors (Lipinski definition) is 2. The van der Waals surface area contributed by atoms with Crippen LogP contribution in [-0.2, 0) is 16.6 Å². The zero-order valence-corrected chi connectivity index (χ0v) is 11.4. The fourth-order valence-corrected chi connectivity index (χ4v) is 3.84. The number of nitrogens with one attached hydrogen (secondary N) is 1. The first kappa shape index (κ1) is 13.0. The minimum Gasteiger partial charge on any atom is -0.465 e. The van der Waals surface area contributed by atoms with Crippen molar-refractivity contribution >= 4 is 26.5 Å². The lowest BCUT2D eigenvalue weighted by Crippen LogP contribution is -2.16. The SMILES string of the molecule is Cc1oc(C)c(S(=O)(=O)Nc2nncs2)c1CN. The number of nitrogens with zero attached hydrogens (tertiary/aromatic N) is 2. The normalized spacial score (nSPS) is 11.7. The summed E-state index contributed by atoms with van der Waals surface area (Å²) in [6, 6.07) is 0. The van der Waals surface area contributed by atoms with Gasteiger partial charge in [0.25, 0.3) is 10.0 Å². The minimum absolute atomic E-state index is 0.0812. The molecule has 0 saturated carbocycles. The van der Waals surface area contributed by atoms with Crippen LogP contribution in [-0.4, -0.2) is 18.6 Å². The van der Waals surface area contributed by atoms with Gasteiger partial charge in [0.1, 0.15) is 21.9 Å². The van der Waals surface area contributed by atoms with Crippen LogP contribution in [0, 0.1) is 13.8 Å². The summed E-state index contributed by atoms with van der Waals surface area (Å²) >= 11 is 1.10. The minimum atomic E-state index is -3.75. The maximum Gasteiger partial charge on any atom is 0.267 e. The highest BCUT2D eigenvalue weighted by Crippen LogP contribution is 2.28. The van der Waals surface area contributed by atoms with Gasteiger partial charge in [0, 0.05) is 12.1 Å². The molecular formula is C9H12N4O3S2. The number of sulfonamides is 1. The largest absolute Gasteiger partial charge is 0.465 e. The molecule has 0 radical (unpaired) electrons. The average Bonchev–Trinajstić information content (AvgIpc) is 2.85. The topological polar surface area (TPSA) is 111 Å². The van der Waals surface area contributed by atoms with Crippen molar-refractivity contribution in [3.8, 4) is 0 Å². The Morgan fingerprint density at radius 3 is 2.72 bits per heavy atom. The van der Waals surface area contributed by atoms with Gasteiger partial charge < -0.3 is 10.2 Å². The van der Waals surface area contributed by atoms with E-state index in [0.29, 0.717) is 17.1 Å². The Kier molecular flexibility index (Phi) is 3.37. The van der Waals surface area contributed by atoms with Gasteiger partial charge in [-0.2, -0.15) is 0 Å². The predicted octanol–water partition coefficient (Wildman–Crippen LogP) is 1.01. The number of nitrogens with two attached hydrogens (primary N) is 1. The molecule has 0 aromatic carbocycles. The molecule has 0 aliphatic carbocycles. The van der Waals surface area contributed by atoms with E-state index in [0.717, 1.165) is 11.3 Å². The quantitative estimate of drug-likeness (QED) is 0.868. The third-order valence-corrected chi connectivity index (χ3v) is 4.65. The van der Waals surface area contributed by atoms with Gasteiger partial charge in [-0.05, 0) is 13.8 Å². The summed E-state index contributed by atoms with van der Waals surface area (Å²) < 4.78 is 32.1. The van der Waals surface area contributed by atoms with E-state index in [4.69, 9.17) is 10.2 Å². The molecule has 2 heterocycles. The van der Waals surface area contributed by atoms with Gasteiger partial charge in [-0.15, -0.1) is 10.2 Å². The Labute approximate surface area is 108 Å². The Morgan fingerprint density at radius 2 is 2.17 bits per heavy atom. The number of aryl methyl sites for hydroxylation is 2. The lowest BCUT2D eigenvalue weighted by Gasteiger charge is -2.05. The molecule has 0 amide bonds. The third kappa shape index (κ3) is 2.24. The second-order valence-corrected chi connectivity index (χ2v) is 6.03. The van der Waals surface area contributed by atoms with Crippen molar-refractivity contribution in [1.82, 2.24) is 10.2 Å². The van der Waals surface area contributed by atoms with Crippen LogP contribution in [0.25, 0.3) is 0 Å². The van der Waals surface area contributed by atoms with Crippen LogP contribution in [0.4, 0.5) is 5.13 Å². The first-order chi connectivity index (χ1) is 8.45. The van der Waals surface area contributed by atoms with E-state index in [1.54, 1.807) is 13.8 Å². The molecule has 7 nitrogen and oxygen atoms in total. The summed E-state index contributed by atoms with van der Waals surface area (Å²) in [5.74, 6) is 0.817. The Hall–Kier alpha value is -1.45. The molecule has 2 rings (SSSR count). The van der Waals surface area contributed by atoms with Crippen LogP contribution in [0.1, 0.15) is 17.1 Å². The molecule has 9 heteroatoms. The first-order valence-corrected chi connectivity index (χ1v) is 7.40. The summed E-state index contributed by atoms with van der Waals surface area (Å²) in [6.45, 7) is 3.36. The summed E-state index contributed by atoms with van der Waals surface area (Å²) in [5, 5.41) is 7.40. The van der Waals surface area contributed by atoms with Gasteiger partial charge in [0.05, 0.1) is 0 Å². The lowest BCUT2D eigenvalue weighted by molar-refractivity contribution is 0.494. The van der Waals surface area contributed by atoms with Crippen molar-refractivity contribution in [2.45, 2.75) is 25.3 Å². The van der Waals surface area contributed by atoms with Gasteiger partial charge in [-0.1, -0.05) is 11.3 Å². The Balaban J connectivity index is 2.47. The van der Waals surface area contributed by atoms with Crippen molar-refractivity contribution < 1.29 is 12.8 Å². The predicted molar refractivity (Wildman–Crippen MR) is 66.8 cm³/mol. The molecule has 0 fully saturated rings. The van der Waals surface area contributed by atoms with Crippen molar-refractivity contribution in [2.24, 2.45) is 5.73 Å². The fourth-order valence-electron chi connectivity index (χ4n) is 1.68. The van der Waals surface area contributed by atoms with Gasteiger partial charge in [-0.3, -0.25) is 4.72 Å². The first-order valence-electron chi connectivity index (χ1n) is 5.03. The third-order valence-electron chi connectivity index (χ3n) is 2.38. The molecule has 0 bridgehead atoms. The van der Waals surface area contributed by atoms with Crippen LogP contribution in [0.2, 0.25) is 0 Å². The molecule has 3 N–H and O–H groups in total. The van der Waals surface area contributed by atoms with Crippen LogP contribution in [0.5, 0.6) is 0 Å². The second kappa shape index (κ2) is 4.67. The Bertz CT molecular complexity index is 646. The van der Waals surface area contributed by atoms with Gasteiger partial charge >= 0.3 is 0 Å². The number of aromatic nitrogens is 2. The molecule has 18 heavy (non-hydrogen) atoms. The standard InChI is InChI=1S/C9H12N4O3S2/c1-5-7(3-10)8(6(2)16-5)18(14,15)13-9-12-11-4-17-9/h4H,3,10H2,1-2H3,(H,12,13). The van der Waals surface area contributed by atoms with Gasteiger partial charge in [0.15, 0.2) is 0 Å². The van der Waals surface area contributed by atoms with Crippen molar-refractivity contribution in [3.63, 3.8) is 0 Å². The van der Waals surface area contributed by atoms with Crippen LogP contribution in [0.3, 0.4) is 0 Å². The van der Waals surface area contributed by atoms with Gasteiger partial charge in [0.2, 0.25) is 5.13 Å². The monoisotopic (exact) mass is 288 g/mol. The zero-order chi connectivity index (χ0) is 13.3. The van der Waals surface area contributed by atoms with E-state index >= 15 is 0 Å². The molecule has 0 saturated heterocycles. The highest BCUT2D eigenvalue weighted by atomic mass is 32.2. The summed E-state index contributed by atoms with van der Waals surface area (Å²) in [4.78, 5) is 0.0812. The van der Waals surface area contributed by atoms with Crippen LogP contribution >= 0.6 is 11.3 Å². The van der Waals surface area contributed by atoms with E-state index < -0.39 is 10.0 Å². The van der Waals surface area contributed by atoms with E-state index in [-0.39, 0.29) is 16.6 Å². The molecule has 0 atom stereocenters. The second-order valence-electron chi connectivity index (χ2n) is 3.58. The van der Waals surface area contributed by atoms with Crippen LogP contribution < -0.4 is 10.5 Å². The molecule has 0 aliphatic rings. The number of hydrogen-bond acceptors (Lipinski definition) is 7. The molecule has 0 spiro atoms. The number of furan rings is 1. The molecule has 2 aromatic rings. The maximum absolute atomic E-state index is 12.2. The summed E-state index contributed by atoms with van der Waals surface area (Å²) in [7, 11) is -3.75. The molecule has 2 aromatic heterocycles. The van der Waals surface area contributed by atoms with E-state index in [2.05, 4.69) is 14.9 Å². The Morgan fingerprint density at radius 1 is 1.44 bits per heavy atom. The molecule has 98 valence electrons. The fraction of sp³-hybridized carbons (Fsp3) is 0.333. The van der Waals surface area contributed by atoms with E-state index in [9.17, 15) is 8.42 Å². The smallest absolute Gasteiger partial charge is 0.267 e. The van der Waals surface area contributed by atoms with Crippen molar-refractivity contribution in [1.29, 1.82) is 0 Å². The maximum atomic E-state index is 12.2. The van der Waals surface area contributed by atoms with E-state index in [1.165, 1.54) is 5.51 Å². The highest BCUT2D eigenvalue weighted by molar-refractivity contribution is 7.93. The zero-order valence-electron chi connectivity index (χ0n) is 9.80. The highest BCUT2D eigenvalue weighted by Gasteiger charge is 2.26.